The fourth-order valence-electron chi connectivity index (χ4n) is 3.82. The molecule has 3 aromatic rings. The molecule has 0 heterocycles. The van der Waals surface area contributed by atoms with E-state index in [9.17, 15) is 36.3 Å². The molecule has 0 aromatic heterocycles. The number of nitrogens with one attached hydrogen (secondary N) is 1. The average Bonchev–Trinajstić information content (AvgIpc) is 3.25. The van der Waals surface area contributed by atoms with Crippen molar-refractivity contribution in [3.8, 4) is 16.9 Å². The summed E-state index contributed by atoms with van der Waals surface area (Å²) in [5.41, 5.74) is 3.93. The van der Waals surface area contributed by atoms with Gasteiger partial charge in [0.25, 0.3) is 0 Å². The van der Waals surface area contributed by atoms with Crippen molar-refractivity contribution >= 4 is 18.0 Å². The molecule has 1 amide bonds. The van der Waals surface area contributed by atoms with Crippen LogP contribution in [0.2, 0.25) is 0 Å². The zero-order valence-corrected chi connectivity index (χ0v) is 20.7. The minimum atomic E-state index is -2.39. The quantitative estimate of drug-likeness (QED) is 0.145. The Bertz CT molecular complexity index is 1320. The van der Waals surface area contributed by atoms with Crippen LogP contribution < -0.4 is 10.1 Å². The third-order valence-electron chi connectivity index (χ3n) is 5.45. The van der Waals surface area contributed by atoms with Gasteiger partial charge in [0.1, 0.15) is 13.2 Å². The third-order valence-corrected chi connectivity index (χ3v) is 5.45. The van der Waals surface area contributed by atoms with Crippen LogP contribution in [0.5, 0.6) is 5.75 Å². The van der Waals surface area contributed by atoms with Gasteiger partial charge in [-0.1, -0.05) is 48.5 Å². The molecular weight excluding hydrogens is 529 g/mol. The van der Waals surface area contributed by atoms with Crippen LogP contribution in [0.3, 0.4) is 0 Å². The lowest BCUT2D eigenvalue weighted by Gasteiger charge is -2.14. The van der Waals surface area contributed by atoms with Gasteiger partial charge in [-0.25, -0.2) is 22.8 Å². The van der Waals surface area contributed by atoms with Crippen molar-refractivity contribution in [2.45, 2.75) is 19.8 Å². The van der Waals surface area contributed by atoms with Gasteiger partial charge in [-0.3, -0.25) is 4.79 Å². The van der Waals surface area contributed by atoms with Crippen molar-refractivity contribution in [3.05, 3.63) is 88.7 Å². The molecule has 39 heavy (non-hydrogen) atoms. The average molecular weight is 551 g/mol. The number of alkyl carbamates (subject to hydrolysis) is 1. The first-order valence-corrected chi connectivity index (χ1v) is 11.5. The molecule has 0 unspecified atom stereocenters. The minimum absolute atomic E-state index is 0.0629. The van der Waals surface area contributed by atoms with Gasteiger partial charge in [0, 0.05) is 12.8 Å². The molecule has 4 rings (SSSR count). The van der Waals surface area contributed by atoms with E-state index in [1.54, 1.807) is 6.92 Å². The Kier molecular flexibility index (Phi) is 9.58. The molecule has 1 aliphatic carbocycles. The van der Waals surface area contributed by atoms with Crippen LogP contribution >= 0.6 is 0 Å². The van der Waals surface area contributed by atoms with Gasteiger partial charge in [0.05, 0.1) is 6.61 Å². The Hall–Kier alpha value is -4.48. The predicted molar refractivity (Wildman–Crippen MR) is 127 cm³/mol. The molecule has 0 bridgehead atoms. The maximum atomic E-state index is 13.6. The topological polar surface area (TPSA) is 90.9 Å². The van der Waals surface area contributed by atoms with Crippen LogP contribution in [-0.4, -0.2) is 37.8 Å². The van der Waals surface area contributed by atoms with E-state index in [2.05, 4.69) is 9.47 Å². The summed E-state index contributed by atoms with van der Waals surface area (Å²) in [7, 11) is 0. The Morgan fingerprint density at radius 3 is 1.72 bits per heavy atom. The Labute approximate surface area is 219 Å². The van der Waals surface area contributed by atoms with Crippen molar-refractivity contribution in [1.29, 1.82) is 0 Å². The summed E-state index contributed by atoms with van der Waals surface area (Å²) in [5, 5.41) is 2.01. The molecule has 7 nitrogen and oxygen atoms in total. The summed E-state index contributed by atoms with van der Waals surface area (Å²) in [6.07, 6.45) is -1.04. The Morgan fingerprint density at radius 2 is 1.26 bits per heavy atom. The minimum Gasteiger partial charge on any atom is -0.466 e. The summed E-state index contributed by atoms with van der Waals surface area (Å²) in [4.78, 5) is 33.6. The lowest BCUT2D eigenvalue weighted by molar-refractivity contribution is -0.140. The van der Waals surface area contributed by atoms with Crippen LogP contribution in [0.1, 0.15) is 30.9 Å². The summed E-state index contributed by atoms with van der Waals surface area (Å²) >= 11 is 0. The van der Waals surface area contributed by atoms with E-state index in [0.717, 1.165) is 22.3 Å². The van der Waals surface area contributed by atoms with Crippen molar-refractivity contribution in [2.75, 3.05) is 19.8 Å². The first kappa shape index (κ1) is 29.1. The summed E-state index contributed by atoms with van der Waals surface area (Å²) in [6.45, 7) is 2.66. The molecule has 0 radical (unpaired) electrons. The fraction of sp³-hybridized carbons (Fsp3) is 0.222. The van der Waals surface area contributed by atoms with Gasteiger partial charge in [-0.15, -0.1) is 0 Å². The lowest BCUT2D eigenvalue weighted by atomic mass is 9.98. The second-order valence-electron chi connectivity index (χ2n) is 7.98. The smallest absolute Gasteiger partial charge is 0.407 e. The SMILES string of the molecule is CCOC(C)=O.O=C(CNC(=O)OCC1c2ccccc2-c2ccccc21)Oc1c(F)c(F)c(F)c(F)c1F. The second-order valence-corrected chi connectivity index (χ2v) is 7.98. The van der Waals surface area contributed by atoms with Crippen LogP contribution in [0, 0.1) is 29.1 Å². The molecule has 206 valence electrons. The molecule has 0 spiro atoms. The highest BCUT2D eigenvalue weighted by Gasteiger charge is 2.30. The van der Waals surface area contributed by atoms with Crippen molar-refractivity contribution < 1.29 is 50.5 Å². The van der Waals surface area contributed by atoms with Crippen molar-refractivity contribution in [1.82, 2.24) is 5.32 Å². The maximum Gasteiger partial charge on any atom is 0.407 e. The molecule has 0 atom stereocenters. The van der Waals surface area contributed by atoms with Gasteiger partial charge in [-0.05, 0) is 29.2 Å². The van der Waals surface area contributed by atoms with E-state index in [4.69, 9.17) is 4.74 Å². The second kappa shape index (κ2) is 12.9. The maximum absolute atomic E-state index is 13.6. The number of benzene rings is 3. The van der Waals surface area contributed by atoms with Gasteiger partial charge >= 0.3 is 18.0 Å². The normalized spacial score (nSPS) is 11.5. The molecule has 0 saturated heterocycles. The molecule has 1 N–H and O–H groups in total. The van der Waals surface area contributed by atoms with Gasteiger partial charge in [0.15, 0.2) is 0 Å². The van der Waals surface area contributed by atoms with Gasteiger partial charge in [0.2, 0.25) is 34.8 Å². The number of hydrogen-bond acceptors (Lipinski definition) is 6. The van der Waals surface area contributed by atoms with E-state index in [1.165, 1.54) is 6.92 Å². The zero-order chi connectivity index (χ0) is 28.7. The number of halogens is 5. The lowest BCUT2D eigenvalue weighted by Crippen LogP contribution is -2.33. The number of hydrogen-bond donors (Lipinski definition) is 1. The number of amides is 1. The molecule has 0 saturated carbocycles. The molecule has 3 aromatic carbocycles. The largest absolute Gasteiger partial charge is 0.466 e. The standard InChI is InChI=1S/C23H14F5NO4.C4H8O2/c24-17-18(25)20(27)22(21(28)19(17)26)33-16(30)9-29-23(31)32-10-15-13-7-3-1-5-11(13)12-6-2-4-8-14(12)15;1-3-6-4(2)5/h1-8,15H,9-10H2,(H,29,31);3H2,1-2H3. The highest BCUT2D eigenvalue weighted by Crippen LogP contribution is 2.44. The van der Waals surface area contributed by atoms with E-state index >= 15 is 0 Å². The molecule has 12 heteroatoms. The number of esters is 2. The highest BCUT2D eigenvalue weighted by atomic mass is 19.2. The fourth-order valence-corrected chi connectivity index (χ4v) is 3.82. The zero-order valence-electron chi connectivity index (χ0n) is 20.7. The number of fused-ring (bicyclic) bond motifs is 3. The Morgan fingerprint density at radius 1 is 0.769 bits per heavy atom. The van der Waals surface area contributed by atoms with Crippen molar-refractivity contribution in [2.24, 2.45) is 0 Å². The van der Waals surface area contributed by atoms with Crippen LogP contribution in [0.25, 0.3) is 11.1 Å². The third kappa shape index (κ3) is 6.70. The van der Waals surface area contributed by atoms with Crippen LogP contribution in [0.4, 0.5) is 26.7 Å². The molecule has 1 aliphatic rings. The first-order valence-electron chi connectivity index (χ1n) is 11.5. The predicted octanol–water partition coefficient (Wildman–Crippen LogP) is 5.40. The summed E-state index contributed by atoms with van der Waals surface area (Å²) in [5.74, 6) is -15.2. The van der Waals surface area contributed by atoms with E-state index < -0.39 is 53.4 Å². The summed E-state index contributed by atoms with van der Waals surface area (Å²) < 4.78 is 80.4. The van der Waals surface area contributed by atoms with Crippen LogP contribution in [-0.2, 0) is 19.1 Å². The number of ether oxygens (including phenoxy) is 3. The monoisotopic (exact) mass is 551 g/mol. The van der Waals surface area contributed by atoms with E-state index in [1.807, 2.05) is 53.8 Å². The Balaban J connectivity index is 0.000000631. The molecular formula is C27H22F5NO6. The van der Waals surface area contributed by atoms with Crippen molar-refractivity contribution in [3.63, 3.8) is 0 Å². The number of rotatable bonds is 6. The first-order chi connectivity index (χ1) is 18.6. The number of carbonyl (C=O) groups is 3. The summed E-state index contributed by atoms with van der Waals surface area (Å²) in [6, 6.07) is 15.2. The van der Waals surface area contributed by atoms with Gasteiger partial charge < -0.3 is 19.5 Å². The highest BCUT2D eigenvalue weighted by molar-refractivity contribution is 5.80. The van der Waals surface area contributed by atoms with E-state index in [-0.39, 0.29) is 18.5 Å². The molecule has 0 fully saturated rings. The molecule has 0 aliphatic heterocycles. The van der Waals surface area contributed by atoms with Gasteiger partial charge in [-0.2, -0.15) is 8.78 Å². The van der Waals surface area contributed by atoms with E-state index in [0.29, 0.717) is 6.61 Å². The number of carbonyl (C=O) groups excluding carboxylic acids is 3. The van der Waals surface area contributed by atoms with Crippen LogP contribution in [0.15, 0.2) is 48.5 Å².